The Morgan fingerprint density at radius 3 is 2.12 bits per heavy atom. The van der Waals surface area contributed by atoms with Crippen LogP contribution in [0.3, 0.4) is 0 Å². The van der Waals surface area contributed by atoms with Crippen LogP contribution in [0.4, 0.5) is 0 Å². The van der Waals surface area contributed by atoms with Crippen LogP contribution in [0.25, 0.3) is 10.9 Å². The maximum Gasteiger partial charge on any atom is 0.341 e. The number of carboxylic acids is 1. The number of unbranched alkanes of at least 4 members (excludes halogenated alkanes) is 1. The summed E-state index contributed by atoms with van der Waals surface area (Å²) in [5, 5.41) is 11.4. The molecule has 4 rings (SSSR count). The number of benzene rings is 3. The van der Waals surface area contributed by atoms with Crippen molar-refractivity contribution in [2.24, 2.45) is 0 Å². The van der Waals surface area contributed by atoms with Gasteiger partial charge in [-0.25, -0.2) is 4.79 Å². The fourth-order valence-corrected chi connectivity index (χ4v) is 4.72. The van der Waals surface area contributed by atoms with Crippen LogP contribution in [0.5, 0.6) is 28.9 Å². The molecule has 0 aliphatic carbocycles. The van der Waals surface area contributed by atoms with Crippen LogP contribution < -0.4 is 14.2 Å². The van der Waals surface area contributed by atoms with Gasteiger partial charge in [-0.05, 0) is 92.7 Å². The Bertz CT molecular complexity index is 1400. The number of hydrogen-bond donors (Lipinski definition) is 1. The lowest BCUT2D eigenvalue weighted by Crippen LogP contribution is -2.25. The Morgan fingerprint density at radius 2 is 1.48 bits per heavy atom. The number of ether oxygens (including phenoxy) is 3. The van der Waals surface area contributed by atoms with Gasteiger partial charge in [0, 0.05) is 23.5 Å². The highest BCUT2D eigenvalue weighted by atomic mass is 35.5. The average molecular weight is 565 g/mol. The van der Waals surface area contributed by atoms with Gasteiger partial charge in [0.2, 0.25) is 5.88 Å². The van der Waals surface area contributed by atoms with Crippen LogP contribution in [0.2, 0.25) is 5.02 Å². The first kappa shape index (κ1) is 29.3. The molecule has 0 bridgehead atoms. The maximum absolute atomic E-state index is 12.5. The Labute approximate surface area is 240 Å². The molecule has 1 N–H and O–H groups in total. The fourth-order valence-electron chi connectivity index (χ4n) is 4.60. The van der Waals surface area contributed by atoms with E-state index in [0.29, 0.717) is 46.7 Å². The van der Waals surface area contributed by atoms with Crippen molar-refractivity contribution >= 4 is 28.5 Å². The second-order valence-electron chi connectivity index (χ2n) is 9.53. The van der Waals surface area contributed by atoms with Gasteiger partial charge in [0.1, 0.15) is 28.6 Å². The molecule has 212 valence electrons. The van der Waals surface area contributed by atoms with Gasteiger partial charge in [-0.2, -0.15) is 0 Å². The predicted molar refractivity (Wildman–Crippen MR) is 160 cm³/mol. The summed E-state index contributed by atoms with van der Waals surface area (Å²) in [5.74, 6) is 1.66. The largest absolute Gasteiger partial charge is 0.494 e. The third-order valence-electron chi connectivity index (χ3n) is 6.81. The molecule has 1 heterocycles. The van der Waals surface area contributed by atoms with Crippen molar-refractivity contribution in [2.45, 2.75) is 46.6 Å². The number of halogens is 1. The van der Waals surface area contributed by atoms with Gasteiger partial charge < -0.3 is 28.8 Å². The number of carbonyl (C=O) groups is 1. The third-order valence-corrected chi connectivity index (χ3v) is 7.06. The highest BCUT2D eigenvalue weighted by molar-refractivity contribution is 6.30. The minimum atomic E-state index is -1.06. The number of rotatable bonds is 15. The lowest BCUT2D eigenvalue weighted by Gasteiger charge is -2.17. The molecule has 0 fully saturated rings. The number of hydrogen-bond acceptors (Lipinski definition) is 5. The Hall–Kier alpha value is -3.68. The zero-order chi connectivity index (χ0) is 28.5. The highest BCUT2D eigenvalue weighted by Crippen LogP contribution is 2.38. The zero-order valence-electron chi connectivity index (χ0n) is 23.4. The minimum absolute atomic E-state index is 0.101. The second-order valence-corrected chi connectivity index (χ2v) is 9.96. The van der Waals surface area contributed by atoms with E-state index in [-0.39, 0.29) is 5.56 Å². The number of nitrogens with zero attached hydrogens (tertiary/aromatic N) is 2. The van der Waals surface area contributed by atoms with E-state index < -0.39 is 5.97 Å². The molecule has 3 aromatic carbocycles. The third kappa shape index (κ3) is 7.29. The first-order chi connectivity index (χ1) is 19.4. The van der Waals surface area contributed by atoms with E-state index in [2.05, 4.69) is 25.7 Å². The van der Waals surface area contributed by atoms with Crippen molar-refractivity contribution < 1.29 is 24.1 Å². The normalized spacial score (nSPS) is 11.2. The first-order valence-electron chi connectivity index (χ1n) is 13.9. The summed E-state index contributed by atoms with van der Waals surface area (Å²) >= 11 is 5.99. The fraction of sp³-hybridized carbons (Fsp3) is 0.344. The van der Waals surface area contributed by atoms with Crippen molar-refractivity contribution in [1.82, 2.24) is 9.47 Å². The van der Waals surface area contributed by atoms with Crippen molar-refractivity contribution in [3.8, 4) is 28.9 Å². The van der Waals surface area contributed by atoms with Gasteiger partial charge in [-0.1, -0.05) is 38.8 Å². The summed E-state index contributed by atoms with van der Waals surface area (Å²) < 4.78 is 20.1. The molecule has 1 aromatic heterocycles. The molecule has 8 heteroatoms. The smallest absolute Gasteiger partial charge is 0.341 e. The summed E-state index contributed by atoms with van der Waals surface area (Å²) in [7, 11) is 0. The minimum Gasteiger partial charge on any atom is -0.494 e. The zero-order valence-corrected chi connectivity index (χ0v) is 24.1. The maximum atomic E-state index is 12.5. The lowest BCUT2D eigenvalue weighted by atomic mass is 10.1. The Balaban J connectivity index is 1.58. The molecular formula is C32H37ClN2O5. The van der Waals surface area contributed by atoms with Crippen LogP contribution >= 0.6 is 11.6 Å². The molecule has 0 saturated carbocycles. The van der Waals surface area contributed by atoms with Gasteiger partial charge in [0.25, 0.3) is 0 Å². The summed E-state index contributed by atoms with van der Waals surface area (Å²) in [6.07, 6.45) is 2.78. The monoisotopic (exact) mass is 564 g/mol. The van der Waals surface area contributed by atoms with Gasteiger partial charge in [-0.15, -0.1) is 0 Å². The van der Waals surface area contributed by atoms with E-state index >= 15 is 0 Å². The molecule has 0 atom stereocenters. The molecule has 0 radical (unpaired) electrons. The van der Waals surface area contributed by atoms with E-state index in [0.717, 1.165) is 50.2 Å². The predicted octanol–water partition coefficient (Wildman–Crippen LogP) is 8.49. The molecule has 0 aliphatic heterocycles. The number of carboxylic acid groups (broad SMARTS) is 1. The molecule has 0 spiro atoms. The first-order valence-corrected chi connectivity index (χ1v) is 14.3. The standard InChI is InChI=1S/C32H37ClN2O5/c1-4-7-20-35-29-18-17-27(39-25-11-9-23(33)10-12-25)22-28(29)30(32(36)37)31(35)40-26-15-13-24(14-16-26)38-21-8-19-34(5-2)6-3/h9-18,22H,4-8,19-21H2,1-3H3,(H,36,37). The number of aromatic carboxylic acids is 1. The van der Waals surface area contributed by atoms with Gasteiger partial charge in [-0.3, -0.25) is 0 Å². The lowest BCUT2D eigenvalue weighted by molar-refractivity contribution is 0.0695. The highest BCUT2D eigenvalue weighted by Gasteiger charge is 2.25. The van der Waals surface area contributed by atoms with E-state index in [1.165, 1.54) is 0 Å². The van der Waals surface area contributed by atoms with Crippen molar-refractivity contribution in [2.75, 3.05) is 26.2 Å². The summed E-state index contributed by atoms with van der Waals surface area (Å²) in [6, 6.07) is 19.8. The number of aryl methyl sites for hydroxylation is 1. The van der Waals surface area contributed by atoms with Crippen LogP contribution in [0.1, 0.15) is 50.4 Å². The van der Waals surface area contributed by atoms with Crippen LogP contribution in [0, 0.1) is 0 Å². The van der Waals surface area contributed by atoms with E-state index in [1.807, 2.05) is 41.0 Å². The molecule has 40 heavy (non-hydrogen) atoms. The molecule has 0 unspecified atom stereocenters. The number of aromatic nitrogens is 1. The van der Waals surface area contributed by atoms with Crippen molar-refractivity contribution in [3.05, 3.63) is 77.3 Å². The van der Waals surface area contributed by atoms with Crippen LogP contribution in [0.15, 0.2) is 66.7 Å². The SMILES string of the molecule is CCCCn1c(Oc2ccc(OCCCN(CC)CC)cc2)c(C(=O)O)c2cc(Oc3ccc(Cl)cc3)ccc21. The molecule has 0 amide bonds. The molecule has 7 nitrogen and oxygen atoms in total. The Kier molecular flexibility index (Phi) is 10.3. The van der Waals surface area contributed by atoms with E-state index in [1.54, 1.807) is 30.3 Å². The quantitative estimate of drug-likeness (QED) is 0.146. The van der Waals surface area contributed by atoms with Gasteiger partial charge in [0.05, 0.1) is 12.1 Å². The summed E-state index contributed by atoms with van der Waals surface area (Å²) in [5.41, 5.74) is 0.877. The Morgan fingerprint density at radius 1 is 0.850 bits per heavy atom. The second kappa shape index (κ2) is 14.1. The van der Waals surface area contributed by atoms with Crippen LogP contribution in [-0.2, 0) is 6.54 Å². The van der Waals surface area contributed by atoms with Crippen molar-refractivity contribution in [3.63, 3.8) is 0 Å². The number of fused-ring (bicyclic) bond motifs is 1. The van der Waals surface area contributed by atoms with E-state index in [9.17, 15) is 9.90 Å². The summed E-state index contributed by atoms with van der Waals surface area (Å²) in [6.45, 7) is 10.7. The topological polar surface area (TPSA) is 73.2 Å². The molecular weight excluding hydrogens is 528 g/mol. The van der Waals surface area contributed by atoms with Gasteiger partial charge in [0.15, 0.2) is 0 Å². The molecule has 4 aromatic rings. The average Bonchev–Trinajstić information content (AvgIpc) is 3.26. The van der Waals surface area contributed by atoms with Crippen molar-refractivity contribution in [1.29, 1.82) is 0 Å². The molecule has 0 aliphatic rings. The van der Waals surface area contributed by atoms with E-state index in [4.69, 9.17) is 25.8 Å². The summed E-state index contributed by atoms with van der Waals surface area (Å²) in [4.78, 5) is 14.9. The van der Waals surface area contributed by atoms with Gasteiger partial charge >= 0.3 is 5.97 Å². The molecule has 0 saturated heterocycles. The van der Waals surface area contributed by atoms with Crippen LogP contribution in [-0.4, -0.2) is 46.8 Å².